The molecule has 1 saturated carbocycles. The van der Waals surface area contributed by atoms with Crippen LogP contribution in [0, 0.1) is 17.8 Å². The van der Waals surface area contributed by atoms with Crippen molar-refractivity contribution in [2.45, 2.75) is 52.0 Å². The van der Waals surface area contributed by atoms with Gasteiger partial charge < -0.3 is 9.80 Å². The van der Waals surface area contributed by atoms with Crippen LogP contribution in [0.4, 0.5) is 0 Å². The normalized spacial score (nSPS) is 36.0. The topological polar surface area (TPSA) is 23.6 Å². The molecule has 0 aromatic heterocycles. The Hall–Kier alpha value is -0.410. The highest BCUT2D eigenvalue weighted by molar-refractivity contribution is 5.82. The van der Waals surface area contributed by atoms with Gasteiger partial charge in [-0.2, -0.15) is 0 Å². The van der Waals surface area contributed by atoms with Crippen LogP contribution in [0.3, 0.4) is 0 Å². The molecule has 0 spiro atoms. The van der Waals surface area contributed by atoms with E-state index in [1.807, 2.05) is 0 Å². The Labute approximate surface area is 124 Å². The van der Waals surface area contributed by atoms with E-state index in [0.29, 0.717) is 17.7 Å². The zero-order valence-corrected chi connectivity index (χ0v) is 13.8. The third-order valence-electron chi connectivity index (χ3n) is 5.36. The summed E-state index contributed by atoms with van der Waals surface area (Å²) in [5.74, 6) is 2.36. The van der Waals surface area contributed by atoms with E-state index in [-0.39, 0.29) is 0 Å². The summed E-state index contributed by atoms with van der Waals surface area (Å²) >= 11 is 0. The molecule has 20 heavy (non-hydrogen) atoms. The van der Waals surface area contributed by atoms with Gasteiger partial charge in [0.05, 0.1) is 0 Å². The molecule has 2 aliphatic rings. The van der Waals surface area contributed by atoms with Crippen molar-refractivity contribution < 1.29 is 4.79 Å². The number of hydrogen-bond donors (Lipinski definition) is 0. The third kappa shape index (κ3) is 3.82. The Balaban J connectivity index is 1.87. The van der Waals surface area contributed by atoms with Crippen molar-refractivity contribution in [3.8, 4) is 0 Å². The van der Waals surface area contributed by atoms with Crippen LogP contribution in [0.1, 0.15) is 46.0 Å². The van der Waals surface area contributed by atoms with E-state index < -0.39 is 0 Å². The van der Waals surface area contributed by atoms with E-state index in [2.05, 4.69) is 37.7 Å². The minimum absolute atomic E-state index is 0.313. The fourth-order valence-corrected chi connectivity index (χ4v) is 4.23. The van der Waals surface area contributed by atoms with Gasteiger partial charge >= 0.3 is 0 Å². The summed E-state index contributed by atoms with van der Waals surface area (Å²) < 4.78 is 0. The van der Waals surface area contributed by atoms with Crippen molar-refractivity contribution in [3.05, 3.63) is 0 Å². The molecule has 1 saturated heterocycles. The molecule has 0 aromatic rings. The van der Waals surface area contributed by atoms with Crippen LogP contribution < -0.4 is 0 Å². The van der Waals surface area contributed by atoms with Gasteiger partial charge in [-0.1, -0.05) is 26.7 Å². The highest BCUT2D eigenvalue weighted by Crippen LogP contribution is 2.31. The summed E-state index contributed by atoms with van der Waals surface area (Å²) in [5, 5.41) is 0. The Morgan fingerprint density at radius 2 is 2.05 bits per heavy atom. The minimum Gasteiger partial charge on any atom is -0.305 e. The summed E-state index contributed by atoms with van der Waals surface area (Å²) in [6.45, 7) is 7.90. The number of hydrogen-bond acceptors (Lipinski definition) is 3. The number of carbonyl (C=O) groups is 1. The third-order valence-corrected chi connectivity index (χ3v) is 5.36. The van der Waals surface area contributed by atoms with Crippen LogP contribution in [0.2, 0.25) is 0 Å². The van der Waals surface area contributed by atoms with E-state index in [0.717, 1.165) is 50.7 Å². The SMILES string of the molecule is CCCC1CCC(=O)C(CN2CC(C)C(N(C)C)C2)C1. The van der Waals surface area contributed by atoms with Gasteiger partial charge in [-0.05, 0) is 38.8 Å². The predicted octanol–water partition coefficient (Wildman–Crippen LogP) is 2.65. The summed E-state index contributed by atoms with van der Waals surface area (Å²) in [5.41, 5.74) is 0. The number of Topliss-reactive ketones (excluding diaryl/α,β-unsaturated/α-hetero) is 1. The second kappa shape index (κ2) is 7.04. The number of carbonyl (C=O) groups excluding carboxylic acids is 1. The molecule has 0 N–H and O–H groups in total. The molecule has 0 bridgehead atoms. The summed E-state index contributed by atoms with van der Waals surface area (Å²) in [7, 11) is 4.35. The van der Waals surface area contributed by atoms with Crippen LogP contribution in [0.5, 0.6) is 0 Å². The molecule has 4 unspecified atom stereocenters. The van der Waals surface area contributed by atoms with Gasteiger partial charge in [0.25, 0.3) is 0 Å². The number of nitrogens with zero attached hydrogens (tertiary/aromatic N) is 2. The van der Waals surface area contributed by atoms with Crippen molar-refractivity contribution in [2.75, 3.05) is 33.7 Å². The second-order valence-electron chi connectivity index (χ2n) is 7.32. The van der Waals surface area contributed by atoms with Crippen LogP contribution in [-0.2, 0) is 4.79 Å². The molecule has 0 aromatic carbocycles. The lowest BCUT2D eigenvalue weighted by Crippen LogP contribution is -2.38. The standard InChI is InChI=1S/C17H32N2O/c1-5-6-14-7-8-17(20)15(9-14)11-19-10-13(2)16(12-19)18(3)4/h13-16H,5-12H2,1-4H3. The predicted molar refractivity (Wildman–Crippen MR) is 83.8 cm³/mol. The number of likely N-dealkylation sites (tertiary alicyclic amines) is 1. The van der Waals surface area contributed by atoms with Crippen molar-refractivity contribution in [1.29, 1.82) is 0 Å². The molecule has 2 rings (SSSR count). The maximum absolute atomic E-state index is 12.2. The van der Waals surface area contributed by atoms with E-state index in [1.54, 1.807) is 0 Å². The number of rotatable bonds is 5. The summed E-state index contributed by atoms with van der Waals surface area (Å²) in [6, 6.07) is 0.653. The van der Waals surface area contributed by atoms with Gasteiger partial charge in [-0.3, -0.25) is 4.79 Å². The van der Waals surface area contributed by atoms with Gasteiger partial charge in [0.1, 0.15) is 5.78 Å². The average molecular weight is 280 g/mol. The molecule has 2 fully saturated rings. The van der Waals surface area contributed by atoms with E-state index in [4.69, 9.17) is 0 Å². The maximum atomic E-state index is 12.2. The molecule has 1 aliphatic heterocycles. The molecule has 3 heteroatoms. The summed E-state index contributed by atoms with van der Waals surface area (Å²) in [6.07, 6.45) is 5.68. The second-order valence-corrected chi connectivity index (χ2v) is 7.32. The fraction of sp³-hybridized carbons (Fsp3) is 0.941. The van der Waals surface area contributed by atoms with Gasteiger partial charge in [-0.15, -0.1) is 0 Å². The smallest absolute Gasteiger partial charge is 0.137 e. The lowest BCUT2D eigenvalue weighted by molar-refractivity contribution is -0.126. The molecular weight excluding hydrogens is 248 g/mol. The Bertz CT molecular complexity index is 329. The van der Waals surface area contributed by atoms with Crippen molar-refractivity contribution in [2.24, 2.45) is 17.8 Å². The van der Waals surface area contributed by atoms with Crippen LogP contribution >= 0.6 is 0 Å². The quantitative estimate of drug-likeness (QED) is 0.773. The van der Waals surface area contributed by atoms with E-state index in [1.165, 1.54) is 12.8 Å². The zero-order chi connectivity index (χ0) is 14.7. The van der Waals surface area contributed by atoms with Crippen molar-refractivity contribution in [3.63, 3.8) is 0 Å². The first kappa shape index (κ1) is 16.0. The number of ketones is 1. The molecule has 1 heterocycles. The molecule has 4 atom stereocenters. The molecule has 3 nitrogen and oxygen atoms in total. The van der Waals surface area contributed by atoms with E-state index in [9.17, 15) is 4.79 Å². The van der Waals surface area contributed by atoms with Crippen LogP contribution in [0.15, 0.2) is 0 Å². The Kier molecular flexibility index (Phi) is 5.62. The zero-order valence-electron chi connectivity index (χ0n) is 13.8. The van der Waals surface area contributed by atoms with Crippen molar-refractivity contribution in [1.82, 2.24) is 9.80 Å². The largest absolute Gasteiger partial charge is 0.305 e. The first-order valence-corrected chi connectivity index (χ1v) is 8.42. The lowest BCUT2D eigenvalue weighted by atomic mass is 9.78. The van der Waals surface area contributed by atoms with E-state index >= 15 is 0 Å². The lowest BCUT2D eigenvalue weighted by Gasteiger charge is -2.31. The molecule has 116 valence electrons. The Morgan fingerprint density at radius 3 is 2.65 bits per heavy atom. The van der Waals surface area contributed by atoms with Crippen molar-refractivity contribution >= 4 is 5.78 Å². The first-order valence-electron chi connectivity index (χ1n) is 8.42. The molecule has 1 aliphatic carbocycles. The van der Waals surface area contributed by atoms with Crippen LogP contribution in [0.25, 0.3) is 0 Å². The Morgan fingerprint density at radius 1 is 1.30 bits per heavy atom. The van der Waals surface area contributed by atoms with Gasteiger partial charge in [0.15, 0.2) is 0 Å². The highest BCUT2D eigenvalue weighted by Gasteiger charge is 2.35. The highest BCUT2D eigenvalue weighted by atomic mass is 16.1. The minimum atomic E-state index is 0.313. The van der Waals surface area contributed by atoms with Gasteiger partial charge in [-0.25, -0.2) is 0 Å². The fourth-order valence-electron chi connectivity index (χ4n) is 4.23. The first-order chi connectivity index (χ1) is 9.51. The maximum Gasteiger partial charge on any atom is 0.137 e. The molecular formula is C17H32N2O. The van der Waals surface area contributed by atoms with Gasteiger partial charge in [0.2, 0.25) is 0 Å². The molecule has 0 amide bonds. The number of likely N-dealkylation sites (N-methyl/N-ethyl adjacent to an activating group) is 1. The average Bonchev–Trinajstić information content (AvgIpc) is 2.75. The monoisotopic (exact) mass is 280 g/mol. The van der Waals surface area contributed by atoms with Gasteiger partial charge in [0, 0.05) is 38.0 Å². The molecule has 0 radical (unpaired) electrons. The summed E-state index contributed by atoms with van der Waals surface area (Å²) in [4.78, 5) is 17.1. The van der Waals surface area contributed by atoms with Crippen LogP contribution in [-0.4, -0.2) is 55.4 Å².